The van der Waals surface area contributed by atoms with Gasteiger partial charge in [0.25, 0.3) is 0 Å². The van der Waals surface area contributed by atoms with Gasteiger partial charge in [-0.2, -0.15) is 0 Å². The Morgan fingerprint density at radius 2 is 1.72 bits per heavy atom. The zero-order chi connectivity index (χ0) is 17.5. The van der Waals surface area contributed by atoms with E-state index < -0.39 is 0 Å². The second-order valence-corrected chi connectivity index (χ2v) is 5.96. The molecule has 3 rings (SSSR count). The molecule has 0 radical (unpaired) electrons. The van der Waals surface area contributed by atoms with Crippen LogP contribution in [0.15, 0.2) is 59.6 Å². The molecule has 0 spiro atoms. The molecular weight excluding hydrogens is 310 g/mol. The number of aryl methyl sites for hydroxylation is 1. The molecular formula is C20H25N5. The van der Waals surface area contributed by atoms with Gasteiger partial charge in [0, 0.05) is 26.7 Å². The lowest BCUT2D eigenvalue weighted by Crippen LogP contribution is -2.39. The van der Waals surface area contributed by atoms with Crippen LogP contribution in [0.3, 0.4) is 0 Å². The minimum absolute atomic E-state index is 0.798. The average Bonchev–Trinajstić information content (AvgIpc) is 2.97. The third-order valence-corrected chi connectivity index (χ3v) is 4.25. The molecule has 0 aliphatic carbocycles. The number of para-hydroxylation sites is 2. The van der Waals surface area contributed by atoms with Crippen molar-refractivity contribution in [3.05, 3.63) is 66.0 Å². The summed E-state index contributed by atoms with van der Waals surface area (Å²) in [7, 11) is 1.80. The van der Waals surface area contributed by atoms with Crippen molar-refractivity contribution in [2.75, 3.05) is 20.1 Å². The Hall–Kier alpha value is -2.82. The number of guanidine groups is 1. The largest absolute Gasteiger partial charge is 0.356 e. The van der Waals surface area contributed by atoms with E-state index in [1.807, 2.05) is 19.1 Å². The highest BCUT2D eigenvalue weighted by atomic mass is 15.2. The normalized spacial score (nSPS) is 11.7. The lowest BCUT2D eigenvalue weighted by Gasteiger charge is -2.13. The molecule has 0 saturated carbocycles. The molecule has 0 aliphatic rings. The van der Waals surface area contributed by atoms with E-state index >= 15 is 0 Å². The molecule has 1 heterocycles. The van der Waals surface area contributed by atoms with Crippen molar-refractivity contribution in [3.8, 4) is 0 Å². The summed E-state index contributed by atoms with van der Waals surface area (Å²) < 4.78 is 2.24. The Balaban J connectivity index is 1.49. The van der Waals surface area contributed by atoms with Gasteiger partial charge in [0.05, 0.1) is 11.0 Å². The fourth-order valence-corrected chi connectivity index (χ4v) is 2.95. The van der Waals surface area contributed by atoms with Gasteiger partial charge in [-0.3, -0.25) is 4.99 Å². The molecule has 0 amide bonds. The third-order valence-electron chi connectivity index (χ3n) is 4.25. The lowest BCUT2D eigenvalue weighted by atomic mass is 10.1. The summed E-state index contributed by atoms with van der Waals surface area (Å²) >= 11 is 0. The summed E-state index contributed by atoms with van der Waals surface area (Å²) in [6.45, 7) is 4.56. The van der Waals surface area contributed by atoms with E-state index in [2.05, 4.69) is 67.6 Å². The molecule has 0 unspecified atom stereocenters. The maximum atomic E-state index is 4.60. The zero-order valence-electron chi connectivity index (χ0n) is 14.9. The number of nitrogens with one attached hydrogen (secondary N) is 2. The van der Waals surface area contributed by atoms with Gasteiger partial charge in [0.2, 0.25) is 0 Å². The van der Waals surface area contributed by atoms with E-state index in [1.165, 1.54) is 11.1 Å². The van der Waals surface area contributed by atoms with E-state index in [4.69, 9.17) is 0 Å². The minimum Gasteiger partial charge on any atom is -0.356 e. The summed E-state index contributed by atoms with van der Waals surface area (Å²) in [6, 6.07) is 18.7. The highest BCUT2D eigenvalue weighted by Crippen LogP contribution is 2.14. The van der Waals surface area contributed by atoms with Gasteiger partial charge in [-0.05, 0) is 31.0 Å². The van der Waals surface area contributed by atoms with Gasteiger partial charge in [-0.15, -0.1) is 0 Å². The van der Waals surface area contributed by atoms with Gasteiger partial charge in [0.15, 0.2) is 5.96 Å². The van der Waals surface area contributed by atoms with Crippen molar-refractivity contribution in [2.45, 2.75) is 19.9 Å². The topological polar surface area (TPSA) is 54.2 Å². The molecule has 0 atom stereocenters. The smallest absolute Gasteiger partial charge is 0.191 e. The van der Waals surface area contributed by atoms with Crippen molar-refractivity contribution < 1.29 is 0 Å². The molecule has 2 aromatic carbocycles. The minimum atomic E-state index is 0.798. The standard InChI is InChI=1S/C20H25N5/c1-16-24-18-10-6-7-11-19(18)25(16)15-14-23-20(21-2)22-13-12-17-8-4-3-5-9-17/h3-11H,12-15H2,1-2H3,(H2,21,22,23). The van der Waals surface area contributed by atoms with Gasteiger partial charge >= 0.3 is 0 Å². The molecule has 0 fully saturated rings. The number of hydrogen-bond donors (Lipinski definition) is 2. The van der Waals surface area contributed by atoms with E-state index in [0.29, 0.717) is 0 Å². The van der Waals surface area contributed by atoms with Gasteiger partial charge in [0.1, 0.15) is 5.82 Å². The van der Waals surface area contributed by atoms with Crippen LogP contribution >= 0.6 is 0 Å². The Kier molecular flexibility index (Phi) is 5.67. The van der Waals surface area contributed by atoms with Crippen LogP contribution in [-0.2, 0) is 13.0 Å². The summed E-state index contributed by atoms with van der Waals surface area (Å²) in [5.74, 6) is 1.87. The second-order valence-electron chi connectivity index (χ2n) is 5.96. The number of aliphatic imine (C=N–C) groups is 1. The number of imidazole rings is 1. The number of fused-ring (bicyclic) bond motifs is 1. The molecule has 3 aromatic rings. The molecule has 0 bridgehead atoms. The number of aromatic nitrogens is 2. The predicted octanol–water partition coefficient (Wildman–Crippen LogP) is 2.75. The van der Waals surface area contributed by atoms with Crippen molar-refractivity contribution >= 4 is 17.0 Å². The molecule has 2 N–H and O–H groups in total. The summed E-state index contributed by atoms with van der Waals surface area (Å²) in [6.07, 6.45) is 0.979. The number of hydrogen-bond acceptors (Lipinski definition) is 2. The van der Waals surface area contributed by atoms with Crippen molar-refractivity contribution in [2.24, 2.45) is 4.99 Å². The monoisotopic (exact) mass is 335 g/mol. The van der Waals surface area contributed by atoms with E-state index in [0.717, 1.165) is 43.4 Å². The van der Waals surface area contributed by atoms with Crippen molar-refractivity contribution in [3.63, 3.8) is 0 Å². The molecule has 0 aliphatic heterocycles. The van der Waals surface area contributed by atoms with Crippen LogP contribution in [0.2, 0.25) is 0 Å². The van der Waals surface area contributed by atoms with E-state index in [1.54, 1.807) is 7.05 Å². The summed E-state index contributed by atoms with van der Waals surface area (Å²) in [5, 5.41) is 6.74. The van der Waals surface area contributed by atoms with E-state index in [-0.39, 0.29) is 0 Å². The highest BCUT2D eigenvalue weighted by Gasteiger charge is 2.06. The zero-order valence-corrected chi connectivity index (χ0v) is 14.9. The van der Waals surface area contributed by atoms with Crippen LogP contribution in [-0.4, -0.2) is 35.6 Å². The van der Waals surface area contributed by atoms with Gasteiger partial charge in [-0.25, -0.2) is 4.98 Å². The van der Waals surface area contributed by atoms with Crippen molar-refractivity contribution in [1.82, 2.24) is 20.2 Å². The summed E-state index contributed by atoms with van der Waals surface area (Å²) in [4.78, 5) is 8.90. The average molecular weight is 335 g/mol. The first-order valence-electron chi connectivity index (χ1n) is 8.68. The van der Waals surface area contributed by atoms with Crippen LogP contribution < -0.4 is 10.6 Å². The number of benzene rings is 2. The maximum Gasteiger partial charge on any atom is 0.191 e. The molecule has 1 aromatic heterocycles. The quantitative estimate of drug-likeness (QED) is 0.538. The summed E-state index contributed by atoms with van der Waals surface area (Å²) in [5.41, 5.74) is 3.55. The van der Waals surface area contributed by atoms with Crippen LogP contribution in [0.1, 0.15) is 11.4 Å². The first-order chi connectivity index (χ1) is 12.3. The SMILES string of the molecule is CN=C(NCCc1ccccc1)NCCn1c(C)nc2ccccc21. The molecule has 5 heteroatoms. The fourth-order valence-electron chi connectivity index (χ4n) is 2.95. The number of rotatable bonds is 6. The first kappa shape index (κ1) is 17.0. The Morgan fingerprint density at radius 3 is 2.52 bits per heavy atom. The third kappa shape index (κ3) is 4.38. The molecule has 5 nitrogen and oxygen atoms in total. The van der Waals surface area contributed by atoms with Crippen LogP contribution in [0, 0.1) is 6.92 Å². The Labute approximate surface area is 148 Å². The van der Waals surface area contributed by atoms with Crippen LogP contribution in [0.25, 0.3) is 11.0 Å². The Bertz CT molecular complexity index is 836. The van der Waals surface area contributed by atoms with Crippen LogP contribution in [0.4, 0.5) is 0 Å². The van der Waals surface area contributed by atoms with Gasteiger partial charge in [-0.1, -0.05) is 42.5 Å². The Morgan fingerprint density at radius 1 is 1.00 bits per heavy atom. The highest BCUT2D eigenvalue weighted by molar-refractivity contribution is 5.79. The predicted molar refractivity (Wildman–Crippen MR) is 104 cm³/mol. The van der Waals surface area contributed by atoms with Gasteiger partial charge < -0.3 is 15.2 Å². The lowest BCUT2D eigenvalue weighted by molar-refractivity contribution is 0.659. The first-order valence-corrected chi connectivity index (χ1v) is 8.68. The van der Waals surface area contributed by atoms with Crippen molar-refractivity contribution in [1.29, 1.82) is 0 Å². The number of nitrogens with zero attached hydrogens (tertiary/aromatic N) is 3. The second kappa shape index (κ2) is 8.33. The van der Waals surface area contributed by atoms with E-state index in [9.17, 15) is 0 Å². The molecule has 0 saturated heterocycles. The molecule has 25 heavy (non-hydrogen) atoms. The fraction of sp³-hybridized carbons (Fsp3) is 0.300. The van der Waals surface area contributed by atoms with Crippen LogP contribution in [0.5, 0.6) is 0 Å². The molecule has 130 valence electrons. The maximum absolute atomic E-state index is 4.60.